The molecule has 0 atom stereocenters. The minimum Gasteiger partial charge on any atom is -0.358 e. The molecule has 0 unspecified atom stereocenters. The van der Waals surface area contributed by atoms with Gasteiger partial charge >= 0.3 is 0 Å². The normalized spacial score (nSPS) is 10.4. The molecule has 0 aliphatic heterocycles. The van der Waals surface area contributed by atoms with Gasteiger partial charge in [0.1, 0.15) is 5.82 Å². The molecule has 1 aromatic heterocycles. The first-order chi connectivity index (χ1) is 10.2. The summed E-state index contributed by atoms with van der Waals surface area (Å²) in [5.41, 5.74) is 0.869. The summed E-state index contributed by atoms with van der Waals surface area (Å²) in [5.74, 6) is 1.33. The summed E-state index contributed by atoms with van der Waals surface area (Å²) in [7, 11) is 1.64. The van der Waals surface area contributed by atoms with Gasteiger partial charge in [0.2, 0.25) is 11.9 Å². The third-order valence-corrected chi connectivity index (χ3v) is 3.21. The number of anilines is 2. The lowest BCUT2D eigenvalue weighted by Crippen LogP contribution is -2.36. The van der Waals surface area contributed by atoms with Crippen molar-refractivity contribution in [1.29, 1.82) is 0 Å². The average molecular weight is 287 g/mol. The molecule has 1 amide bonds. The summed E-state index contributed by atoms with van der Waals surface area (Å²) in [5, 5.41) is 6.73. The number of carbonyl (C=O) groups excluding carboxylic acids is 1. The lowest BCUT2D eigenvalue weighted by molar-refractivity contribution is -0.119. The van der Waals surface area contributed by atoms with E-state index in [1.807, 2.05) is 43.0 Å². The quantitative estimate of drug-likeness (QED) is 0.845. The zero-order valence-corrected chi connectivity index (χ0v) is 12.7. The van der Waals surface area contributed by atoms with Gasteiger partial charge < -0.3 is 15.5 Å². The fourth-order valence-electron chi connectivity index (χ4n) is 2.13. The summed E-state index contributed by atoms with van der Waals surface area (Å²) < 4.78 is 0. The minimum atomic E-state index is -0.0375. The van der Waals surface area contributed by atoms with Gasteiger partial charge in [0.05, 0.1) is 12.1 Å². The Kier molecular flexibility index (Phi) is 4.92. The number of rotatable bonds is 6. The molecule has 6 nitrogen and oxygen atoms in total. The van der Waals surface area contributed by atoms with Gasteiger partial charge in [-0.25, -0.2) is 4.98 Å². The number of benzene rings is 1. The lowest BCUT2D eigenvalue weighted by Gasteiger charge is -2.23. The fourth-order valence-corrected chi connectivity index (χ4v) is 2.13. The van der Waals surface area contributed by atoms with Crippen LogP contribution in [0.4, 0.5) is 11.8 Å². The smallest absolute Gasteiger partial charge is 0.239 e. The van der Waals surface area contributed by atoms with E-state index in [-0.39, 0.29) is 12.5 Å². The zero-order valence-electron chi connectivity index (χ0n) is 12.7. The molecule has 0 saturated carbocycles. The van der Waals surface area contributed by atoms with Gasteiger partial charge in [-0.15, -0.1) is 0 Å². The van der Waals surface area contributed by atoms with Crippen molar-refractivity contribution in [3.05, 3.63) is 24.3 Å². The maximum atomic E-state index is 11.7. The second kappa shape index (κ2) is 6.88. The van der Waals surface area contributed by atoms with E-state index >= 15 is 0 Å². The van der Waals surface area contributed by atoms with E-state index < -0.39 is 0 Å². The van der Waals surface area contributed by atoms with Gasteiger partial charge in [0, 0.05) is 25.5 Å². The molecule has 0 aliphatic carbocycles. The third-order valence-electron chi connectivity index (χ3n) is 3.21. The third kappa shape index (κ3) is 3.39. The van der Waals surface area contributed by atoms with Crippen LogP contribution >= 0.6 is 0 Å². The Balaban J connectivity index is 2.50. The first-order valence-electron chi connectivity index (χ1n) is 7.15. The van der Waals surface area contributed by atoms with Crippen LogP contribution in [0.5, 0.6) is 0 Å². The minimum absolute atomic E-state index is 0.0375. The Hall–Kier alpha value is -2.37. The number of amides is 1. The molecule has 21 heavy (non-hydrogen) atoms. The maximum Gasteiger partial charge on any atom is 0.239 e. The molecule has 0 saturated heterocycles. The van der Waals surface area contributed by atoms with Crippen LogP contribution in [0.1, 0.15) is 13.8 Å². The van der Waals surface area contributed by atoms with Gasteiger partial charge in [0.15, 0.2) is 0 Å². The highest BCUT2D eigenvalue weighted by molar-refractivity contribution is 5.92. The molecule has 6 heteroatoms. The van der Waals surface area contributed by atoms with Crippen LogP contribution in [0.3, 0.4) is 0 Å². The predicted octanol–water partition coefficient (Wildman–Crippen LogP) is 1.63. The van der Waals surface area contributed by atoms with Gasteiger partial charge in [0.25, 0.3) is 0 Å². The van der Waals surface area contributed by atoms with Crippen LogP contribution in [0.15, 0.2) is 24.3 Å². The first-order valence-corrected chi connectivity index (χ1v) is 7.15. The van der Waals surface area contributed by atoms with Gasteiger partial charge in [-0.3, -0.25) is 4.79 Å². The van der Waals surface area contributed by atoms with Crippen molar-refractivity contribution in [2.75, 3.05) is 36.9 Å². The highest BCUT2D eigenvalue weighted by Crippen LogP contribution is 2.25. The summed E-state index contributed by atoms with van der Waals surface area (Å²) in [6.07, 6.45) is 0. The molecule has 2 N–H and O–H groups in total. The van der Waals surface area contributed by atoms with E-state index in [1.54, 1.807) is 7.05 Å². The summed E-state index contributed by atoms with van der Waals surface area (Å²) in [6, 6.07) is 7.84. The van der Waals surface area contributed by atoms with Crippen molar-refractivity contribution < 1.29 is 4.79 Å². The van der Waals surface area contributed by atoms with E-state index in [0.717, 1.165) is 23.3 Å². The molecule has 0 fully saturated rings. The van der Waals surface area contributed by atoms with Crippen molar-refractivity contribution in [1.82, 2.24) is 15.3 Å². The Bertz CT molecular complexity index is 628. The molecule has 112 valence electrons. The van der Waals surface area contributed by atoms with Gasteiger partial charge in [-0.2, -0.15) is 4.98 Å². The standard InChI is InChI=1S/C15H21N5O/c1-4-17-15-18-12-9-7-6-8-11(12)14(19-15)20(5-2)10-13(21)16-3/h6-9H,4-5,10H2,1-3H3,(H,16,21)(H,17,18,19). The molecule has 1 aromatic carbocycles. The summed E-state index contributed by atoms with van der Waals surface area (Å²) in [4.78, 5) is 22.7. The Morgan fingerprint density at radius 3 is 2.67 bits per heavy atom. The summed E-state index contributed by atoms with van der Waals surface area (Å²) in [6.45, 7) is 5.73. The lowest BCUT2D eigenvalue weighted by atomic mass is 10.2. The monoisotopic (exact) mass is 287 g/mol. The van der Waals surface area contributed by atoms with Crippen LogP contribution in [0, 0.1) is 0 Å². The fraction of sp³-hybridized carbons (Fsp3) is 0.400. The van der Waals surface area contributed by atoms with E-state index in [2.05, 4.69) is 20.6 Å². The van der Waals surface area contributed by atoms with Crippen molar-refractivity contribution in [2.24, 2.45) is 0 Å². The SMILES string of the molecule is CCNc1nc(N(CC)CC(=O)NC)c2ccccc2n1. The molecule has 1 heterocycles. The maximum absolute atomic E-state index is 11.7. The highest BCUT2D eigenvalue weighted by Gasteiger charge is 2.15. The highest BCUT2D eigenvalue weighted by atomic mass is 16.1. The van der Waals surface area contributed by atoms with Crippen LogP contribution in [0.25, 0.3) is 10.9 Å². The van der Waals surface area contributed by atoms with Crippen LogP contribution < -0.4 is 15.5 Å². The largest absolute Gasteiger partial charge is 0.358 e. The number of para-hydroxylation sites is 1. The van der Waals surface area contributed by atoms with Crippen LogP contribution in [0.2, 0.25) is 0 Å². The number of nitrogens with zero attached hydrogens (tertiary/aromatic N) is 3. The van der Waals surface area contributed by atoms with Crippen molar-refractivity contribution in [2.45, 2.75) is 13.8 Å². The van der Waals surface area contributed by atoms with Crippen LogP contribution in [-0.4, -0.2) is 42.6 Å². The molecule has 0 radical (unpaired) electrons. The average Bonchev–Trinajstić information content (AvgIpc) is 2.52. The molecular formula is C15H21N5O. The van der Waals surface area contributed by atoms with Crippen molar-refractivity contribution in [3.63, 3.8) is 0 Å². The number of fused-ring (bicyclic) bond motifs is 1. The van der Waals surface area contributed by atoms with Crippen molar-refractivity contribution in [3.8, 4) is 0 Å². The van der Waals surface area contributed by atoms with Gasteiger partial charge in [-0.05, 0) is 26.0 Å². The Labute approximate surface area is 124 Å². The topological polar surface area (TPSA) is 70.2 Å². The molecule has 2 rings (SSSR count). The van der Waals surface area contributed by atoms with E-state index in [9.17, 15) is 4.79 Å². The Morgan fingerprint density at radius 2 is 2.00 bits per heavy atom. The number of hydrogen-bond donors (Lipinski definition) is 2. The molecular weight excluding hydrogens is 266 g/mol. The number of hydrogen-bond acceptors (Lipinski definition) is 5. The second-order valence-corrected chi connectivity index (χ2v) is 4.61. The predicted molar refractivity (Wildman–Crippen MR) is 85.7 cm³/mol. The number of carbonyl (C=O) groups is 1. The zero-order chi connectivity index (χ0) is 15.2. The van der Waals surface area contributed by atoms with E-state index in [0.29, 0.717) is 12.5 Å². The number of aromatic nitrogens is 2. The number of nitrogens with one attached hydrogen (secondary N) is 2. The summed E-state index contributed by atoms with van der Waals surface area (Å²) >= 11 is 0. The van der Waals surface area contributed by atoms with Crippen molar-refractivity contribution >= 4 is 28.6 Å². The second-order valence-electron chi connectivity index (χ2n) is 4.61. The van der Waals surface area contributed by atoms with E-state index in [4.69, 9.17) is 0 Å². The molecule has 0 bridgehead atoms. The van der Waals surface area contributed by atoms with E-state index in [1.165, 1.54) is 0 Å². The first kappa shape index (κ1) is 15.0. The van der Waals surface area contributed by atoms with Gasteiger partial charge in [-0.1, -0.05) is 12.1 Å². The Morgan fingerprint density at radius 1 is 1.24 bits per heavy atom. The number of likely N-dealkylation sites (N-methyl/N-ethyl adjacent to an activating group) is 2. The molecule has 2 aromatic rings. The molecule has 0 aliphatic rings. The molecule has 0 spiro atoms. The van der Waals surface area contributed by atoms with Crippen LogP contribution in [-0.2, 0) is 4.79 Å².